The van der Waals surface area contributed by atoms with Crippen LogP contribution in [0.2, 0.25) is 0 Å². The summed E-state index contributed by atoms with van der Waals surface area (Å²) in [7, 11) is 0.864. The number of aliphatic hydroxyl groups is 1. The molecule has 0 amide bonds. The molecule has 69 heavy (non-hydrogen) atoms. The van der Waals surface area contributed by atoms with Crippen molar-refractivity contribution < 1.29 is 56.0 Å². The summed E-state index contributed by atoms with van der Waals surface area (Å²) in [5, 5.41) is 10.5. The summed E-state index contributed by atoms with van der Waals surface area (Å²) in [5.41, 5.74) is 1.67. The smallest absolute Gasteiger partial charge is 0.377 e. The molecule has 4 atom stereocenters. The van der Waals surface area contributed by atoms with Gasteiger partial charge in [0.15, 0.2) is 9.79 Å². The number of Topliss-reactive ketones (excluding diaryl/α,β-unsaturated/α-hetero) is 1. The second-order valence-corrected chi connectivity index (χ2v) is 28.5. The van der Waals surface area contributed by atoms with E-state index in [-0.39, 0.29) is 40.5 Å². The molecule has 8 saturated carbocycles. The average Bonchev–Trinajstić information content (AvgIpc) is 3.26. The van der Waals surface area contributed by atoms with Gasteiger partial charge in [0.05, 0.1) is 38.6 Å². The van der Waals surface area contributed by atoms with E-state index in [1.54, 1.807) is 0 Å². The molecule has 1 N–H and O–H groups in total. The molecule has 10 aliphatic rings. The van der Waals surface area contributed by atoms with Crippen LogP contribution in [0.5, 0.6) is 0 Å². The fourth-order valence-electron chi connectivity index (χ4n) is 12.8. The first-order valence-corrected chi connectivity index (χ1v) is 28.4. The van der Waals surface area contributed by atoms with Crippen LogP contribution in [0.1, 0.15) is 137 Å². The zero-order valence-corrected chi connectivity index (χ0v) is 43.9. The molecular formula is C55H78F4O8S2+2. The lowest BCUT2D eigenvalue weighted by molar-refractivity contribution is -0.207. The Kier molecular flexibility index (Phi) is 16.5. The number of esters is 2. The van der Waals surface area contributed by atoms with Gasteiger partial charge in [-0.2, -0.15) is 17.6 Å². The van der Waals surface area contributed by atoms with Crippen molar-refractivity contribution in [3.63, 3.8) is 0 Å². The van der Waals surface area contributed by atoms with E-state index in [4.69, 9.17) is 18.9 Å². The quantitative estimate of drug-likeness (QED) is 0.166. The number of ether oxygens (including phenoxy) is 4. The molecule has 14 heteroatoms. The summed E-state index contributed by atoms with van der Waals surface area (Å²) in [6, 6.07) is 18.4. The van der Waals surface area contributed by atoms with Crippen LogP contribution in [0, 0.1) is 35.0 Å². The lowest BCUT2D eigenvalue weighted by Gasteiger charge is -2.59. The number of alkyl halides is 4. The van der Waals surface area contributed by atoms with Gasteiger partial charge in [0.25, 0.3) is 0 Å². The monoisotopic (exact) mass is 1010 g/mol. The van der Waals surface area contributed by atoms with Crippen LogP contribution in [0.3, 0.4) is 0 Å². The molecule has 0 radical (unpaired) electrons. The third-order valence-electron chi connectivity index (χ3n) is 15.6. The second-order valence-electron chi connectivity index (χ2n) is 23.9. The summed E-state index contributed by atoms with van der Waals surface area (Å²) in [4.78, 5) is 37.5. The Morgan fingerprint density at radius 2 is 1.03 bits per heavy atom. The van der Waals surface area contributed by atoms with Gasteiger partial charge >= 0.3 is 23.8 Å². The van der Waals surface area contributed by atoms with Crippen LogP contribution in [-0.2, 0) is 66.0 Å². The van der Waals surface area contributed by atoms with Crippen LogP contribution in [-0.4, -0.2) is 102 Å². The summed E-state index contributed by atoms with van der Waals surface area (Å²) < 4.78 is 72.3. The molecule has 8 aliphatic carbocycles. The molecule has 8 nitrogen and oxygen atoms in total. The zero-order chi connectivity index (χ0) is 50.2. The number of rotatable bonds is 7. The van der Waals surface area contributed by atoms with Gasteiger partial charge < -0.3 is 24.1 Å². The minimum Gasteiger partial charge on any atom is -0.461 e. The summed E-state index contributed by atoms with van der Waals surface area (Å²) >= 11 is 0. The van der Waals surface area contributed by atoms with Crippen molar-refractivity contribution in [2.45, 2.75) is 170 Å². The van der Waals surface area contributed by atoms with Crippen molar-refractivity contribution in [1.29, 1.82) is 0 Å². The van der Waals surface area contributed by atoms with Gasteiger partial charge in [-0.15, -0.1) is 0 Å². The van der Waals surface area contributed by atoms with Gasteiger partial charge in [0.1, 0.15) is 34.4 Å². The fourth-order valence-corrected chi connectivity index (χ4v) is 16.5. The highest BCUT2D eigenvalue weighted by atomic mass is 32.2. The summed E-state index contributed by atoms with van der Waals surface area (Å²) in [6.45, 7) is 18.5. The predicted molar refractivity (Wildman–Crippen MR) is 264 cm³/mol. The maximum Gasteiger partial charge on any atom is 0.377 e. The highest BCUT2D eigenvalue weighted by molar-refractivity contribution is 7.97. The number of benzene rings is 2. The van der Waals surface area contributed by atoms with Crippen molar-refractivity contribution in [2.75, 3.05) is 56.0 Å². The van der Waals surface area contributed by atoms with E-state index < -0.39 is 35.0 Å². The molecule has 2 aromatic carbocycles. The van der Waals surface area contributed by atoms with E-state index in [0.717, 1.165) is 71.4 Å². The number of halogens is 4. The zero-order valence-electron chi connectivity index (χ0n) is 42.3. The Hall–Kier alpha value is -2.65. The topological polar surface area (TPSA) is 108 Å². The fraction of sp³-hybridized carbons (Fsp3) is 0.727. The average molecular weight is 1010 g/mol. The van der Waals surface area contributed by atoms with E-state index in [9.17, 15) is 37.1 Å². The summed E-state index contributed by atoms with van der Waals surface area (Å²) in [5.74, 6) is -3.57. The minimum atomic E-state index is -3.45. The van der Waals surface area contributed by atoms with Gasteiger partial charge in [0.2, 0.25) is 0 Å². The summed E-state index contributed by atoms with van der Waals surface area (Å²) in [6.07, 6.45) is 8.39. The van der Waals surface area contributed by atoms with Crippen molar-refractivity contribution in [3.05, 3.63) is 59.7 Å². The number of carbonyl (C=O) groups excluding carboxylic acids is 3. The van der Waals surface area contributed by atoms with E-state index in [0.29, 0.717) is 79.1 Å². The van der Waals surface area contributed by atoms with Crippen LogP contribution in [0.4, 0.5) is 17.6 Å². The lowest BCUT2D eigenvalue weighted by atomic mass is 9.48. The molecule has 4 unspecified atom stereocenters. The molecule has 2 aromatic rings. The first-order valence-electron chi connectivity index (χ1n) is 25.3. The van der Waals surface area contributed by atoms with Gasteiger partial charge in [0, 0.05) is 52.9 Å². The maximum atomic E-state index is 12.9. The number of ketones is 1. The van der Waals surface area contributed by atoms with Gasteiger partial charge in [-0.05, 0) is 135 Å². The third kappa shape index (κ3) is 13.9. The van der Waals surface area contributed by atoms with E-state index in [2.05, 4.69) is 90.1 Å². The van der Waals surface area contributed by atoms with Crippen LogP contribution >= 0.6 is 0 Å². The van der Waals surface area contributed by atoms with E-state index >= 15 is 0 Å². The molecule has 12 rings (SSSR count). The van der Waals surface area contributed by atoms with Crippen molar-refractivity contribution in [3.8, 4) is 0 Å². The van der Waals surface area contributed by atoms with Crippen molar-refractivity contribution >= 4 is 39.5 Å². The molecule has 2 heterocycles. The van der Waals surface area contributed by atoms with Crippen LogP contribution in [0.25, 0.3) is 0 Å². The van der Waals surface area contributed by atoms with Crippen molar-refractivity contribution in [2.24, 2.45) is 35.0 Å². The molecule has 384 valence electrons. The molecule has 0 spiro atoms. The lowest BCUT2D eigenvalue weighted by Crippen LogP contribution is -2.57. The highest BCUT2D eigenvalue weighted by Crippen LogP contribution is 2.62. The number of carbonyl (C=O) groups is 3. The minimum absolute atomic E-state index is 0.0323. The van der Waals surface area contributed by atoms with Gasteiger partial charge in [-0.3, -0.25) is 4.79 Å². The molecular weight excluding hydrogens is 929 g/mol. The maximum absolute atomic E-state index is 12.9. The number of hydrogen-bond donors (Lipinski definition) is 1. The Morgan fingerprint density at radius 1 is 0.609 bits per heavy atom. The third-order valence-corrected chi connectivity index (χ3v) is 20.1. The first-order chi connectivity index (χ1) is 32.1. The highest BCUT2D eigenvalue weighted by Gasteiger charge is 2.59. The van der Waals surface area contributed by atoms with Gasteiger partial charge in [-0.1, -0.05) is 65.8 Å². The van der Waals surface area contributed by atoms with Crippen molar-refractivity contribution in [1.82, 2.24) is 0 Å². The van der Waals surface area contributed by atoms with Crippen LogP contribution in [0.15, 0.2) is 58.3 Å². The van der Waals surface area contributed by atoms with E-state index in [1.807, 2.05) is 0 Å². The Balaban J connectivity index is 0.000000136. The SMILES string of the molecule is CC(C)(C)c1ccc([S+]2CCOCC2)cc1.CC(C)(C)c1ccc([S+]2CCOCC2)cc1.CC(F)(F)C(=O)OC12CC3CC(C1)C(=O)C(C3)C2.CC(F)(F)C(=O)OCC12CC3CC(CC(O)(C3)C1)C2. The molecule has 2 aliphatic heterocycles. The molecule has 0 aromatic heterocycles. The normalized spacial score (nSPS) is 31.9. The Bertz CT molecular complexity index is 1970. The Labute approximate surface area is 414 Å². The largest absolute Gasteiger partial charge is 0.461 e. The standard InChI is InChI=1S/C14H20F2O3.2C14H21OS.C13H16F2O3/c1-12(15,16)11(17)19-8-13-3-9-2-10(4-13)6-14(18,5-9)7-13;2*1-14(2,3)12-4-6-13(7-5-12)16-10-8-15-9-11-16;1-12(14,15)11(17)18-13-4-7-2-8(5-13)10(16)9(3-7)6-13/h9-10,18H,2-8H2,1H3;2*4-7H,8-11H2,1-3H3;7-9H,2-6H2,1H3/q;2*+1;. The first kappa shape index (κ1) is 54.1. The van der Waals surface area contributed by atoms with Gasteiger partial charge in [-0.25, -0.2) is 9.59 Å². The Morgan fingerprint density at radius 3 is 1.41 bits per heavy atom. The predicted octanol–water partition coefficient (Wildman–Crippen LogP) is 10.8. The van der Waals surface area contributed by atoms with Crippen LogP contribution < -0.4 is 0 Å². The molecule has 8 bridgehead atoms. The number of hydrogen-bond acceptors (Lipinski definition) is 8. The van der Waals surface area contributed by atoms with E-state index in [1.165, 1.54) is 43.9 Å². The molecule has 2 saturated heterocycles. The molecule has 10 fully saturated rings. The second kappa shape index (κ2) is 21.1.